The summed E-state index contributed by atoms with van der Waals surface area (Å²) < 4.78 is 27.5. The van der Waals surface area contributed by atoms with Gasteiger partial charge in [-0.05, 0) is 68.0 Å². The van der Waals surface area contributed by atoms with Crippen LogP contribution in [0.2, 0.25) is 10.0 Å². The van der Waals surface area contributed by atoms with E-state index in [2.05, 4.69) is 9.80 Å². The van der Waals surface area contributed by atoms with E-state index in [1.165, 1.54) is 23.8 Å². The van der Waals surface area contributed by atoms with Crippen LogP contribution in [-0.4, -0.2) is 85.3 Å². The smallest absolute Gasteiger partial charge is 0.326 e. The summed E-state index contributed by atoms with van der Waals surface area (Å²) >= 11 is 12.6. The number of aliphatic carboxylic acids is 1. The molecule has 11 heteroatoms. The minimum absolute atomic E-state index is 0.0215. The second-order valence-electron chi connectivity index (χ2n) is 11.2. The summed E-state index contributed by atoms with van der Waals surface area (Å²) in [6.45, 7) is 3.47. The summed E-state index contributed by atoms with van der Waals surface area (Å²) in [5.41, 5.74) is 0.809. The molecule has 2 aliphatic carbocycles. The molecule has 4 aliphatic rings. The number of hydrogen-bond acceptors (Lipinski definition) is 6. The Morgan fingerprint density at radius 3 is 2.18 bits per heavy atom. The van der Waals surface area contributed by atoms with Gasteiger partial charge in [-0.2, -0.15) is 0 Å². The van der Waals surface area contributed by atoms with Crippen LogP contribution in [0.25, 0.3) is 0 Å². The number of benzene rings is 2. The molecule has 0 spiro atoms. The molecule has 208 valence electrons. The first kappa shape index (κ1) is 26.9. The molecular weight excluding hydrogens is 561 g/mol. The zero-order valence-electron chi connectivity index (χ0n) is 21.4. The van der Waals surface area contributed by atoms with Crippen molar-refractivity contribution >= 4 is 50.6 Å². The van der Waals surface area contributed by atoms with Gasteiger partial charge in [0.25, 0.3) is 0 Å². The zero-order valence-corrected chi connectivity index (χ0v) is 23.8. The molecule has 1 amide bonds. The van der Waals surface area contributed by atoms with Crippen LogP contribution >= 0.6 is 23.2 Å². The number of likely N-dealkylation sites (tertiary alicyclic amines) is 1. The van der Waals surface area contributed by atoms with Gasteiger partial charge in [0.15, 0.2) is 9.84 Å². The van der Waals surface area contributed by atoms with Crippen molar-refractivity contribution in [2.45, 2.75) is 59.7 Å². The van der Waals surface area contributed by atoms with E-state index in [1.54, 1.807) is 36.4 Å². The fourth-order valence-corrected chi connectivity index (χ4v) is 8.52. The van der Waals surface area contributed by atoms with Gasteiger partial charge in [-0.25, -0.2) is 13.2 Å². The molecular formula is C28H31Cl2N3O5S. The number of anilines is 1. The van der Waals surface area contributed by atoms with Crippen LogP contribution in [0.3, 0.4) is 0 Å². The van der Waals surface area contributed by atoms with Crippen molar-refractivity contribution in [2.75, 3.05) is 37.6 Å². The molecule has 0 radical (unpaired) electrons. The van der Waals surface area contributed by atoms with Crippen molar-refractivity contribution < 1.29 is 23.1 Å². The van der Waals surface area contributed by atoms with E-state index in [4.69, 9.17) is 23.2 Å². The largest absolute Gasteiger partial charge is 0.480 e. The van der Waals surface area contributed by atoms with E-state index < -0.39 is 32.5 Å². The lowest BCUT2D eigenvalue weighted by Crippen LogP contribution is -2.47. The van der Waals surface area contributed by atoms with Gasteiger partial charge in [0, 0.05) is 49.5 Å². The third-order valence-electron chi connectivity index (χ3n) is 8.77. The topological polar surface area (TPSA) is 98.2 Å². The number of carbonyl (C=O) groups excluding carboxylic acids is 1. The van der Waals surface area contributed by atoms with E-state index in [0.29, 0.717) is 17.9 Å². The highest BCUT2D eigenvalue weighted by Gasteiger charge is 2.57. The Morgan fingerprint density at radius 1 is 0.949 bits per heavy atom. The third kappa shape index (κ3) is 4.92. The molecule has 6 rings (SSSR count). The number of piperazine rings is 1. The Balaban J connectivity index is 1.20. The number of carboxylic acids is 1. The van der Waals surface area contributed by atoms with E-state index in [1.807, 2.05) is 0 Å². The molecule has 0 aromatic heterocycles. The summed E-state index contributed by atoms with van der Waals surface area (Å²) in [4.78, 5) is 31.8. The van der Waals surface area contributed by atoms with Gasteiger partial charge in [-0.3, -0.25) is 9.69 Å². The number of hydrogen-bond donors (Lipinski definition) is 1. The average Bonchev–Trinajstić information content (AvgIpc) is 3.85. The Bertz CT molecular complexity index is 1400. The first-order valence-electron chi connectivity index (χ1n) is 13.4. The van der Waals surface area contributed by atoms with Gasteiger partial charge in [0.2, 0.25) is 5.91 Å². The standard InChI is InChI=1S/C28H31Cl2N3O5S/c29-19-3-1-18(2-4-19)28(9-10-28)27(36)33-17-22(16-24(33)26(34)35)39(37,38)25-8-7-21(15-23(25)30)32-13-11-31(12-14-32)20-5-6-20/h1-4,7-8,15,20,22,24H,5-6,9-14,16-17H2,(H,34,35)/t22-,24+/m1/s1. The van der Waals surface area contributed by atoms with Gasteiger partial charge in [0.05, 0.1) is 20.6 Å². The first-order valence-corrected chi connectivity index (χ1v) is 15.7. The second kappa shape index (κ2) is 9.94. The summed E-state index contributed by atoms with van der Waals surface area (Å²) in [5.74, 6) is -1.55. The first-order chi connectivity index (χ1) is 18.6. The highest BCUT2D eigenvalue weighted by Crippen LogP contribution is 2.51. The van der Waals surface area contributed by atoms with E-state index in [9.17, 15) is 23.1 Å². The quantitative estimate of drug-likeness (QED) is 0.522. The van der Waals surface area contributed by atoms with Crippen LogP contribution in [0.5, 0.6) is 0 Å². The van der Waals surface area contributed by atoms with Crippen LogP contribution < -0.4 is 4.90 Å². The highest BCUT2D eigenvalue weighted by molar-refractivity contribution is 7.92. The van der Waals surface area contributed by atoms with E-state index in [0.717, 1.165) is 43.5 Å². The fourth-order valence-electron chi connectivity index (χ4n) is 6.16. The van der Waals surface area contributed by atoms with Crippen molar-refractivity contribution in [2.24, 2.45) is 0 Å². The van der Waals surface area contributed by atoms with Crippen LogP contribution in [0, 0.1) is 0 Å². The predicted molar refractivity (Wildman–Crippen MR) is 149 cm³/mol. The normalized spacial score (nSPS) is 25.1. The molecule has 1 N–H and O–H groups in total. The van der Waals surface area contributed by atoms with Crippen LogP contribution in [0.4, 0.5) is 5.69 Å². The van der Waals surface area contributed by atoms with Crippen molar-refractivity contribution in [1.29, 1.82) is 0 Å². The predicted octanol–water partition coefficient (Wildman–Crippen LogP) is 3.84. The summed E-state index contributed by atoms with van der Waals surface area (Å²) in [7, 11) is -3.99. The number of halogens is 2. The van der Waals surface area contributed by atoms with Crippen molar-refractivity contribution in [3.63, 3.8) is 0 Å². The number of amides is 1. The van der Waals surface area contributed by atoms with Gasteiger partial charge >= 0.3 is 5.97 Å². The average molecular weight is 593 g/mol. The maximum absolute atomic E-state index is 13.7. The molecule has 2 saturated carbocycles. The molecule has 2 heterocycles. The number of nitrogens with zero attached hydrogens (tertiary/aromatic N) is 3. The Hall–Kier alpha value is -2.33. The second-order valence-corrected chi connectivity index (χ2v) is 14.2. The zero-order chi connectivity index (χ0) is 27.5. The Kier molecular flexibility index (Phi) is 6.85. The molecule has 2 atom stereocenters. The van der Waals surface area contributed by atoms with E-state index >= 15 is 0 Å². The lowest BCUT2D eigenvalue weighted by atomic mass is 9.94. The number of carbonyl (C=O) groups is 2. The Labute approximate surface area is 238 Å². The SMILES string of the molecule is O=C(O)[C@@H]1C[C@@H](S(=O)(=O)c2ccc(N3CCN(C4CC4)CC3)cc2Cl)CN1C(=O)C1(c2ccc(Cl)cc2)CC1. The van der Waals surface area contributed by atoms with Gasteiger partial charge in [0.1, 0.15) is 6.04 Å². The number of sulfone groups is 1. The highest BCUT2D eigenvalue weighted by atomic mass is 35.5. The molecule has 2 aromatic carbocycles. The molecule has 2 aromatic rings. The number of carboxylic acid groups (broad SMARTS) is 1. The van der Waals surface area contributed by atoms with Crippen LogP contribution in [-0.2, 0) is 24.8 Å². The van der Waals surface area contributed by atoms with Gasteiger partial charge in [-0.1, -0.05) is 35.3 Å². The minimum atomic E-state index is -3.99. The monoisotopic (exact) mass is 591 g/mol. The van der Waals surface area contributed by atoms with Crippen molar-refractivity contribution in [1.82, 2.24) is 9.80 Å². The maximum atomic E-state index is 13.7. The lowest BCUT2D eigenvalue weighted by Gasteiger charge is -2.36. The van der Waals surface area contributed by atoms with E-state index in [-0.39, 0.29) is 28.8 Å². The molecule has 8 nitrogen and oxygen atoms in total. The van der Waals surface area contributed by atoms with Crippen molar-refractivity contribution in [3.8, 4) is 0 Å². The number of rotatable bonds is 7. The molecule has 39 heavy (non-hydrogen) atoms. The summed E-state index contributed by atoms with van der Waals surface area (Å²) in [5, 5.41) is 9.53. The van der Waals surface area contributed by atoms with Gasteiger partial charge < -0.3 is 14.9 Å². The van der Waals surface area contributed by atoms with Crippen LogP contribution in [0.15, 0.2) is 47.4 Å². The molecule has 0 unspecified atom stereocenters. The Morgan fingerprint density at radius 2 is 1.62 bits per heavy atom. The van der Waals surface area contributed by atoms with Crippen LogP contribution in [0.1, 0.15) is 37.7 Å². The maximum Gasteiger partial charge on any atom is 0.326 e. The minimum Gasteiger partial charge on any atom is -0.480 e. The molecule has 0 bridgehead atoms. The lowest BCUT2D eigenvalue weighted by molar-refractivity contribution is -0.149. The van der Waals surface area contributed by atoms with Gasteiger partial charge in [-0.15, -0.1) is 0 Å². The third-order valence-corrected chi connectivity index (χ3v) is 11.6. The molecule has 4 fully saturated rings. The fraction of sp³-hybridized carbons (Fsp3) is 0.500. The van der Waals surface area contributed by atoms with Crippen molar-refractivity contribution in [3.05, 3.63) is 58.1 Å². The molecule has 2 aliphatic heterocycles. The summed E-state index contributed by atoms with van der Waals surface area (Å²) in [6.07, 6.45) is 3.52. The molecule has 2 saturated heterocycles. The summed E-state index contributed by atoms with van der Waals surface area (Å²) in [6, 6.07) is 11.5.